The van der Waals surface area contributed by atoms with E-state index in [4.69, 9.17) is 16.3 Å². The Bertz CT molecular complexity index is 2380. The van der Waals surface area contributed by atoms with Crippen LogP contribution in [-0.2, 0) is 31.8 Å². The van der Waals surface area contributed by atoms with E-state index in [9.17, 15) is 24.0 Å². The van der Waals surface area contributed by atoms with Gasteiger partial charge in [0, 0.05) is 54.6 Å². The summed E-state index contributed by atoms with van der Waals surface area (Å²) in [5, 5.41) is 5.99. The monoisotopic (exact) mass is 776 g/mol. The molecule has 1 aromatic heterocycles. The van der Waals surface area contributed by atoms with Crippen LogP contribution in [0, 0.1) is 0 Å². The lowest BCUT2D eigenvalue weighted by molar-refractivity contribution is -0.134. The second-order valence-electron chi connectivity index (χ2n) is 16.6. The SMILES string of the molecule is CC1(C)c2cc(C3CCN(C(=O)CN4CCC5(CC4)COc4c5ccc5c4CNC5=O)CC3)ccc2-n2c1nc(=O)c1c(Cl)cccc12.O=C1CCCC(=O)N1. The van der Waals surface area contributed by atoms with Crippen LogP contribution < -0.4 is 20.9 Å². The van der Waals surface area contributed by atoms with Gasteiger partial charge in [-0.25, -0.2) is 0 Å². The molecule has 3 saturated heterocycles. The molecule has 290 valence electrons. The van der Waals surface area contributed by atoms with Gasteiger partial charge in [0.2, 0.25) is 17.7 Å². The average Bonchev–Trinajstić information content (AvgIpc) is 3.82. The highest BCUT2D eigenvalue weighted by molar-refractivity contribution is 6.35. The third kappa shape index (κ3) is 6.08. The van der Waals surface area contributed by atoms with E-state index in [-0.39, 0.29) is 34.6 Å². The van der Waals surface area contributed by atoms with E-state index in [0.717, 1.165) is 91.3 Å². The molecule has 2 N–H and O–H groups in total. The molecule has 4 aromatic rings. The van der Waals surface area contributed by atoms with Crippen molar-refractivity contribution < 1.29 is 23.9 Å². The normalized spacial score (nSPS) is 20.7. The zero-order chi connectivity index (χ0) is 38.9. The van der Waals surface area contributed by atoms with Crippen molar-refractivity contribution in [1.29, 1.82) is 0 Å². The van der Waals surface area contributed by atoms with Crippen LogP contribution in [0.5, 0.6) is 5.75 Å². The molecule has 56 heavy (non-hydrogen) atoms. The van der Waals surface area contributed by atoms with Crippen molar-refractivity contribution in [1.82, 2.24) is 30.0 Å². The number of piperidine rings is 3. The van der Waals surface area contributed by atoms with E-state index in [0.29, 0.717) is 55.3 Å². The average molecular weight is 777 g/mol. The van der Waals surface area contributed by atoms with E-state index in [2.05, 4.69) is 63.2 Å². The van der Waals surface area contributed by atoms with Crippen LogP contribution in [0.3, 0.4) is 0 Å². The summed E-state index contributed by atoms with van der Waals surface area (Å²) >= 11 is 6.44. The van der Waals surface area contributed by atoms with Crippen molar-refractivity contribution in [2.45, 2.75) is 82.1 Å². The van der Waals surface area contributed by atoms with Crippen LogP contribution in [0.25, 0.3) is 16.6 Å². The summed E-state index contributed by atoms with van der Waals surface area (Å²) in [5.41, 5.74) is 6.46. The molecule has 10 rings (SSSR count). The van der Waals surface area contributed by atoms with E-state index >= 15 is 0 Å². The molecule has 13 heteroatoms. The largest absolute Gasteiger partial charge is 0.492 e. The Morgan fingerprint density at radius 1 is 0.946 bits per heavy atom. The number of halogens is 1. The second-order valence-corrected chi connectivity index (χ2v) is 17.0. The van der Waals surface area contributed by atoms with Gasteiger partial charge in [-0.1, -0.05) is 35.9 Å². The van der Waals surface area contributed by atoms with Crippen molar-refractivity contribution >= 4 is 46.1 Å². The van der Waals surface area contributed by atoms with Crippen molar-refractivity contribution in [3.63, 3.8) is 0 Å². The van der Waals surface area contributed by atoms with E-state index < -0.39 is 5.41 Å². The number of ether oxygens (including phenoxy) is 1. The summed E-state index contributed by atoms with van der Waals surface area (Å²) < 4.78 is 8.30. The topological polar surface area (TPSA) is 143 Å². The molecule has 12 nitrogen and oxygen atoms in total. The number of aromatic nitrogens is 2. The first-order valence-electron chi connectivity index (χ1n) is 19.7. The number of rotatable bonds is 3. The fourth-order valence-corrected chi connectivity index (χ4v) is 9.91. The predicted octanol–water partition coefficient (Wildman–Crippen LogP) is 4.87. The van der Waals surface area contributed by atoms with Crippen molar-refractivity contribution in [2.24, 2.45) is 0 Å². The molecule has 0 atom stereocenters. The molecule has 4 amide bonds. The summed E-state index contributed by atoms with van der Waals surface area (Å²) in [6, 6.07) is 16.3. The summed E-state index contributed by atoms with van der Waals surface area (Å²) in [5.74, 6) is 1.92. The lowest BCUT2D eigenvalue weighted by atomic mass is 9.74. The number of carbonyl (C=O) groups excluding carboxylic acids is 4. The first-order chi connectivity index (χ1) is 26.9. The third-order valence-electron chi connectivity index (χ3n) is 12.9. The molecule has 3 aromatic carbocycles. The van der Waals surface area contributed by atoms with Crippen LogP contribution in [0.2, 0.25) is 5.02 Å². The lowest BCUT2D eigenvalue weighted by Crippen LogP contribution is -2.49. The zero-order valence-electron chi connectivity index (χ0n) is 31.7. The zero-order valence-corrected chi connectivity index (χ0v) is 32.5. The Morgan fingerprint density at radius 3 is 2.41 bits per heavy atom. The van der Waals surface area contributed by atoms with Crippen molar-refractivity contribution in [3.8, 4) is 11.4 Å². The number of fused-ring (bicyclic) bond motifs is 9. The number of likely N-dealkylation sites (tertiary alicyclic amines) is 2. The number of imide groups is 1. The molecule has 3 fully saturated rings. The first kappa shape index (κ1) is 36.6. The highest BCUT2D eigenvalue weighted by Gasteiger charge is 2.46. The molecule has 0 radical (unpaired) electrons. The van der Waals surface area contributed by atoms with E-state index in [1.165, 1.54) is 11.1 Å². The maximum Gasteiger partial charge on any atom is 0.282 e. The van der Waals surface area contributed by atoms with Gasteiger partial charge in [-0.3, -0.25) is 38.8 Å². The third-order valence-corrected chi connectivity index (χ3v) is 13.2. The Kier molecular flexibility index (Phi) is 9.04. The number of amides is 4. The quantitative estimate of drug-likeness (QED) is 0.281. The second kappa shape index (κ2) is 13.8. The first-order valence-corrected chi connectivity index (χ1v) is 20.1. The molecule has 6 aliphatic rings. The Balaban J connectivity index is 0.000000459. The Morgan fingerprint density at radius 2 is 1.70 bits per heavy atom. The van der Waals surface area contributed by atoms with Gasteiger partial charge in [0.25, 0.3) is 11.5 Å². The predicted molar refractivity (Wildman–Crippen MR) is 210 cm³/mol. The van der Waals surface area contributed by atoms with Crippen molar-refractivity contribution in [2.75, 3.05) is 39.3 Å². The van der Waals surface area contributed by atoms with Crippen LogP contribution >= 0.6 is 11.6 Å². The minimum Gasteiger partial charge on any atom is -0.492 e. The highest BCUT2D eigenvalue weighted by Crippen LogP contribution is 2.49. The van der Waals surface area contributed by atoms with Crippen LogP contribution in [0.15, 0.2) is 53.3 Å². The number of nitrogens with one attached hydrogen (secondary N) is 2. The molecule has 0 bridgehead atoms. The van der Waals surface area contributed by atoms with Gasteiger partial charge in [-0.2, -0.15) is 4.98 Å². The van der Waals surface area contributed by atoms with Gasteiger partial charge in [-0.15, -0.1) is 0 Å². The Hall–Kier alpha value is -5.07. The lowest BCUT2D eigenvalue weighted by Gasteiger charge is -2.39. The fraction of sp³-hybridized carbons (Fsp3) is 0.442. The minimum atomic E-state index is -0.437. The van der Waals surface area contributed by atoms with E-state index in [1.54, 1.807) is 6.07 Å². The summed E-state index contributed by atoms with van der Waals surface area (Å²) in [7, 11) is 0. The number of benzene rings is 3. The van der Waals surface area contributed by atoms with E-state index in [1.807, 2.05) is 23.1 Å². The summed E-state index contributed by atoms with van der Waals surface area (Å²) in [6.45, 7) is 9.11. The molecule has 7 heterocycles. The molecule has 0 aliphatic carbocycles. The summed E-state index contributed by atoms with van der Waals surface area (Å²) in [4.78, 5) is 68.2. The number of nitrogens with zero attached hydrogens (tertiary/aromatic N) is 4. The Labute approximate surface area is 329 Å². The van der Waals surface area contributed by atoms with Gasteiger partial charge in [0.15, 0.2) is 0 Å². The maximum atomic E-state index is 13.5. The number of carbonyl (C=O) groups is 4. The van der Waals surface area contributed by atoms with Gasteiger partial charge in [-0.05, 0) is 100 Å². The molecule has 1 spiro atoms. The van der Waals surface area contributed by atoms with Crippen LogP contribution in [-0.4, -0.2) is 82.3 Å². The summed E-state index contributed by atoms with van der Waals surface area (Å²) in [6.07, 6.45) is 5.46. The minimum absolute atomic E-state index is 0.0200. The van der Waals surface area contributed by atoms with Gasteiger partial charge < -0.3 is 15.0 Å². The number of hydrogen-bond donors (Lipinski definition) is 2. The van der Waals surface area contributed by atoms with Gasteiger partial charge in [0.1, 0.15) is 11.6 Å². The molecular weight excluding hydrogens is 732 g/mol. The van der Waals surface area contributed by atoms with Gasteiger partial charge in [0.05, 0.1) is 40.2 Å². The molecule has 6 aliphatic heterocycles. The molecule has 0 saturated carbocycles. The van der Waals surface area contributed by atoms with Crippen LogP contribution in [0.4, 0.5) is 0 Å². The maximum absolute atomic E-state index is 13.5. The fourth-order valence-electron chi connectivity index (χ4n) is 9.66. The van der Waals surface area contributed by atoms with Gasteiger partial charge >= 0.3 is 0 Å². The highest BCUT2D eigenvalue weighted by atomic mass is 35.5. The molecule has 0 unspecified atom stereocenters. The van der Waals surface area contributed by atoms with Crippen LogP contribution in [0.1, 0.15) is 103 Å². The smallest absolute Gasteiger partial charge is 0.282 e. The molecular formula is C43H45ClN6O6. The standard InChI is InChI=1S/C38H38ClN5O4.C5H7NO2/c1-37(2)27-18-23(6-9-29(27)44-30-5-3-4-28(39)32(30)35(47)41-36(37)44)22-10-14-43(15-11-22)31(45)20-42-16-12-38(13-17-42)21-48-33-25-19-40-34(46)24(25)7-8-26(33)38;7-4-2-1-3-5(8)6-4/h3-9,18,22H,10-17,19-21H2,1-2H3,(H,40,46);1-3H2,(H,6,7,8). The number of hydrogen-bond acceptors (Lipinski definition) is 8. The van der Waals surface area contributed by atoms with Crippen molar-refractivity contribution in [3.05, 3.63) is 97.5 Å².